The molecule has 0 radical (unpaired) electrons. The van der Waals surface area contributed by atoms with Gasteiger partial charge in [-0.1, -0.05) is 121 Å². The van der Waals surface area contributed by atoms with E-state index in [9.17, 15) is 4.79 Å². The van der Waals surface area contributed by atoms with Crippen LogP contribution >= 0.6 is 23.5 Å². The summed E-state index contributed by atoms with van der Waals surface area (Å²) in [5, 5.41) is 0. The molecule has 0 bridgehead atoms. The van der Waals surface area contributed by atoms with Gasteiger partial charge < -0.3 is 23.7 Å². The van der Waals surface area contributed by atoms with Crippen molar-refractivity contribution in [3.05, 3.63) is 144 Å². The molecule has 43 heavy (non-hydrogen) atoms. The average molecular weight is 615 g/mol. The lowest BCUT2D eigenvalue weighted by atomic mass is 10.0. The van der Waals surface area contributed by atoms with Gasteiger partial charge in [-0.2, -0.15) is 0 Å². The number of hydrogen-bond donors (Lipinski definition) is 0. The molecule has 4 aromatic carbocycles. The monoisotopic (exact) mass is 614 g/mol. The van der Waals surface area contributed by atoms with Crippen molar-refractivity contribution in [2.45, 2.75) is 55.4 Å². The van der Waals surface area contributed by atoms with Crippen molar-refractivity contribution >= 4 is 29.8 Å². The van der Waals surface area contributed by atoms with E-state index in [-0.39, 0.29) is 17.3 Å². The van der Waals surface area contributed by atoms with Crippen LogP contribution in [0.15, 0.2) is 121 Å². The third kappa shape index (κ3) is 9.80. The highest BCUT2D eigenvalue weighted by molar-refractivity contribution is 8.20. The van der Waals surface area contributed by atoms with Crippen LogP contribution in [0.3, 0.4) is 0 Å². The van der Waals surface area contributed by atoms with E-state index in [1.165, 1.54) is 0 Å². The first-order chi connectivity index (χ1) is 21.3. The molecule has 5 rings (SSSR count). The molecule has 1 aliphatic heterocycles. The summed E-state index contributed by atoms with van der Waals surface area (Å²) >= 11 is 3.74. The molecule has 0 saturated carbocycles. The van der Waals surface area contributed by atoms with Crippen LogP contribution < -0.4 is 0 Å². The fourth-order valence-electron chi connectivity index (χ4n) is 4.93. The number of benzene rings is 4. The normalized spacial score (nSPS) is 16.4. The molecule has 1 saturated heterocycles. The Labute approximate surface area is 263 Å². The Balaban J connectivity index is 1.46. The average Bonchev–Trinajstić information content (AvgIpc) is 3.61. The van der Waals surface area contributed by atoms with E-state index in [0.717, 1.165) is 40.0 Å². The van der Waals surface area contributed by atoms with Gasteiger partial charge in [0.05, 0.1) is 31.0 Å². The van der Waals surface area contributed by atoms with E-state index >= 15 is 0 Å². The van der Waals surface area contributed by atoms with E-state index in [1.54, 1.807) is 0 Å². The Morgan fingerprint density at radius 2 is 0.907 bits per heavy atom. The van der Waals surface area contributed by atoms with E-state index in [1.807, 2.05) is 133 Å². The molecule has 0 spiro atoms. The zero-order valence-corrected chi connectivity index (χ0v) is 25.7. The van der Waals surface area contributed by atoms with Crippen LogP contribution in [0.1, 0.15) is 22.3 Å². The number of carbonyl (C=O) groups excluding carboxylic acids is 1. The van der Waals surface area contributed by atoms with Crippen molar-refractivity contribution in [1.82, 2.24) is 0 Å². The van der Waals surface area contributed by atoms with Gasteiger partial charge in [-0.15, -0.1) is 23.5 Å². The number of thioether (sulfide) groups is 2. The molecule has 1 heterocycles. The first kappa shape index (κ1) is 31.5. The summed E-state index contributed by atoms with van der Waals surface area (Å²) in [5.74, 6) is 2.06. The molecule has 7 heteroatoms. The van der Waals surface area contributed by atoms with Gasteiger partial charge in [-0.3, -0.25) is 0 Å². The Morgan fingerprint density at radius 1 is 0.535 bits per heavy atom. The molecule has 0 N–H and O–H groups in total. The van der Waals surface area contributed by atoms with Gasteiger partial charge in [0.1, 0.15) is 24.4 Å². The topological polar surface area (TPSA) is 54.0 Å². The third-order valence-corrected chi connectivity index (χ3v) is 10.3. The Morgan fingerprint density at radius 3 is 1.33 bits per heavy atom. The van der Waals surface area contributed by atoms with Crippen LogP contribution in [0.4, 0.5) is 0 Å². The van der Waals surface area contributed by atoms with Gasteiger partial charge in [0.2, 0.25) is 0 Å². The zero-order valence-electron chi connectivity index (χ0n) is 24.1. The first-order valence-electron chi connectivity index (χ1n) is 14.6. The Bertz CT molecular complexity index is 1320. The highest BCUT2D eigenvalue weighted by Gasteiger charge is 2.43. The van der Waals surface area contributed by atoms with Crippen LogP contribution in [-0.4, -0.2) is 46.8 Å². The van der Waals surface area contributed by atoms with E-state index in [0.29, 0.717) is 19.8 Å². The van der Waals surface area contributed by atoms with E-state index < -0.39 is 18.3 Å². The standard InChI is InChI=1S/C36H38O5S2/c37-23-32(38-24-28-13-5-1-6-14-28)33(39-25-29-15-7-2-8-16-29)34(40-26-30-17-9-3-10-18-30)35(36-42-21-22-43-36)41-27-31-19-11-4-12-20-31/h1-20,23,32-36H,21-22,24-27H2/t32-,33+,34+,35-/m1/s1. The molecule has 0 aliphatic carbocycles. The minimum atomic E-state index is -0.871. The molecule has 4 atom stereocenters. The van der Waals surface area contributed by atoms with Gasteiger partial charge >= 0.3 is 0 Å². The van der Waals surface area contributed by atoms with E-state index in [2.05, 4.69) is 12.1 Å². The van der Waals surface area contributed by atoms with Gasteiger partial charge in [0.25, 0.3) is 0 Å². The summed E-state index contributed by atoms with van der Waals surface area (Å²) < 4.78 is 26.5. The maximum atomic E-state index is 12.8. The van der Waals surface area contributed by atoms with Crippen molar-refractivity contribution < 1.29 is 23.7 Å². The molecule has 4 aromatic rings. The Kier molecular flexibility index (Phi) is 12.8. The van der Waals surface area contributed by atoms with Crippen molar-refractivity contribution in [2.75, 3.05) is 11.5 Å². The zero-order chi connectivity index (χ0) is 29.5. The van der Waals surface area contributed by atoms with Crippen LogP contribution in [0.2, 0.25) is 0 Å². The van der Waals surface area contributed by atoms with Crippen molar-refractivity contribution in [3.8, 4) is 0 Å². The van der Waals surface area contributed by atoms with Gasteiger partial charge in [-0.25, -0.2) is 0 Å². The Hall–Kier alpha value is -2.91. The highest BCUT2D eigenvalue weighted by Crippen LogP contribution is 2.39. The summed E-state index contributed by atoms with van der Waals surface area (Å²) in [6, 6.07) is 40.1. The molecular formula is C36H38O5S2. The summed E-state index contributed by atoms with van der Waals surface area (Å²) in [6.07, 6.45) is -1.68. The van der Waals surface area contributed by atoms with Gasteiger partial charge in [0.15, 0.2) is 6.29 Å². The fourth-order valence-corrected chi connectivity index (χ4v) is 7.97. The molecule has 224 valence electrons. The van der Waals surface area contributed by atoms with Crippen molar-refractivity contribution in [2.24, 2.45) is 0 Å². The second-order valence-corrected chi connectivity index (χ2v) is 13.1. The second-order valence-electron chi connectivity index (χ2n) is 10.3. The maximum Gasteiger partial charge on any atom is 0.151 e. The predicted molar refractivity (Wildman–Crippen MR) is 175 cm³/mol. The summed E-state index contributed by atoms with van der Waals surface area (Å²) in [6.45, 7) is 1.37. The van der Waals surface area contributed by atoms with Gasteiger partial charge in [-0.05, 0) is 22.3 Å². The number of hydrogen-bond acceptors (Lipinski definition) is 7. The highest BCUT2D eigenvalue weighted by atomic mass is 32.2. The van der Waals surface area contributed by atoms with Crippen molar-refractivity contribution in [1.29, 1.82) is 0 Å². The molecule has 1 fully saturated rings. The molecular weight excluding hydrogens is 577 g/mol. The second kappa shape index (κ2) is 17.4. The smallest absolute Gasteiger partial charge is 0.151 e. The van der Waals surface area contributed by atoms with Crippen LogP contribution in [0.5, 0.6) is 0 Å². The largest absolute Gasteiger partial charge is 0.369 e. The maximum absolute atomic E-state index is 12.8. The molecule has 5 nitrogen and oxygen atoms in total. The summed E-state index contributed by atoms with van der Waals surface area (Å²) in [7, 11) is 0. The number of ether oxygens (including phenoxy) is 4. The van der Waals surface area contributed by atoms with E-state index in [4.69, 9.17) is 18.9 Å². The minimum absolute atomic E-state index is 0.119. The lowest BCUT2D eigenvalue weighted by molar-refractivity contribution is -0.185. The lowest BCUT2D eigenvalue weighted by Crippen LogP contribution is -2.52. The van der Waals surface area contributed by atoms with Crippen LogP contribution in [0, 0.1) is 0 Å². The molecule has 0 unspecified atom stereocenters. The van der Waals surface area contributed by atoms with Crippen molar-refractivity contribution in [3.63, 3.8) is 0 Å². The lowest BCUT2D eigenvalue weighted by Gasteiger charge is -2.38. The van der Waals surface area contributed by atoms with Gasteiger partial charge in [0, 0.05) is 11.5 Å². The first-order valence-corrected chi connectivity index (χ1v) is 16.7. The number of carbonyl (C=O) groups is 1. The molecule has 1 aliphatic rings. The fraction of sp³-hybridized carbons (Fsp3) is 0.306. The van der Waals surface area contributed by atoms with Crippen LogP contribution in [0.25, 0.3) is 0 Å². The summed E-state index contributed by atoms with van der Waals surface area (Å²) in [4.78, 5) is 12.8. The number of aldehydes is 1. The van der Waals surface area contributed by atoms with Crippen LogP contribution in [-0.2, 0) is 50.2 Å². The molecule has 0 amide bonds. The summed E-state index contributed by atoms with van der Waals surface area (Å²) in [5.41, 5.74) is 4.11. The SMILES string of the molecule is O=C[C@@H](OCc1ccccc1)[C@H](OCc1ccccc1)[C@H](OCc1ccccc1)[C@@H](OCc1ccccc1)C1SCCS1. The quantitative estimate of drug-likeness (QED) is 0.115. The minimum Gasteiger partial charge on any atom is -0.369 e. The molecule has 0 aromatic heterocycles. The predicted octanol–water partition coefficient (Wildman–Crippen LogP) is 7.33. The number of rotatable bonds is 17. The third-order valence-electron chi connectivity index (χ3n) is 7.16.